The van der Waals surface area contributed by atoms with Crippen LogP contribution in [0.25, 0.3) is 0 Å². The van der Waals surface area contributed by atoms with E-state index in [1.165, 1.54) is 0 Å². The molecule has 1 rings (SSSR count). The van der Waals surface area contributed by atoms with Gasteiger partial charge >= 0.3 is 15.6 Å². The molecule has 1 saturated heterocycles. The van der Waals surface area contributed by atoms with E-state index in [2.05, 4.69) is 18.1 Å². The van der Waals surface area contributed by atoms with Crippen LogP contribution in [-0.2, 0) is 32.0 Å². The first-order chi connectivity index (χ1) is 13.8. The highest BCUT2D eigenvalue weighted by atomic mass is 31.2. The molecule has 0 aromatic heterocycles. The molecule has 0 aromatic carbocycles. The highest BCUT2D eigenvalue weighted by Gasteiger charge is 2.46. The molecule has 0 aromatic rings. The monoisotopic (exact) mass is 488 g/mol. The summed E-state index contributed by atoms with van der Waals surface area (Å²) in [6.07, 6.45) is -12.1. The van der Waals surface area contributed by atoms with Crippen molar-refractivity contribution in [3.63, 3.8) is 0 Å². The molecule has 0 bridgehead atoms. The van der Waals surface area contributed by atoms with Crippen LogP contribution in [0.3, 0.4) is 0 Å². The van der Waals surface area contributed by atoms with Crippen LogP contribution in [0.1, 0.15) is 0 Å². The first-order valence-corrected chi connectivity index (χ1v) is 11.4. The quantitative estimate of drug-likeness (QED) is 0.111. The van der Waals surface area contributed by atoms with Crippen molar-refractivity contribution < 1.29 is 77.5 Å². The number of hydrogen-bond acceptors (Lipinski definition) is 14. The van der Waals surface area contributed by atoms with Crippen molar-refractivity contribution in [2.24, 2.45) is 0 Å². The Hall–Kier alpha value is -0.100. The zero-order valence-electron chi connectivity index (χ0n) is 15.4. The highest BCUT2D eigenvalue weighted by molar-refractivity contribution is 7.47. The lowest BCUT2D eigenvalue weighted by Gasteiger charge is -2.39. The van der Waals surface area contributed by atoms with Crippen LogP contribution in [-0.4, -0.2) is 121 Å². The number of phosphoric acid groups is 2. The molecule has 1 aliphatic rings. The van der Waals surface area contributed by atoms with Crippen LogP contribution in [0.5, 0.6) is 0 Å². The summed E-state index contributed by atoms with van der Waals surface area (Å²) in [6.45, 7) is -4.17. The van der Waals surface area contributed by atoms with Crippen molar-refractivity contribution in [2.75, 3.05) is 33.0 Å². The van der Waals surface area contributed by atoms with Gasteiger partial charge in [0.25, 0.3) is 0 Å². The summed E-state index contributed by atoms with van der Waals surface area (Å²) in [4.78, 5) is 18.9. The number of aliphatic hydroxyl groups is 7. The lowest BCUT2D eigenvalue weighted by Crippen LogP contribution is -2.58. The fourth-order valence-electron chi connectivity index (χ4n) is 1.99. The molecule has 1 aliphatic heterocycles. The molecule has 30 heavy (non-hydrogen) atoms. The summed E-state index contributed by atoms with van der Waals surface area (Å²) in [7, 11) is -9.74. The maximum atomic E-state index is 11.9. The van der Waals surface area contributed by atoms with Crippen LogP contribution in [0, 0.1) is 0 Å². The molecule has 1 heterocycles. The van der Waals surface area contributed by atoms with Crippen molar-refractivity contribution in [2.45, 2.75) is 42.9 Å². The Morgan fingerprint density at radius 2 is 1.30 bits per heavy atom. The number of phosphoric ester groups is 2. The van der Waals surface area contributed by atoms with Crippen molar-refractivity contribution in [1.29, 1.82) is 0 Å². The van der Waals surface area contributed by atoms with Crippen LogP contribution in [0.15, 0.2) is 0 Å². The van der Waals surface area contributed by atoms with Crippen LogP contribution in [0.2, 0.25) is 0 Å². The number of aliphatic hydroxyl groups excluding tert-OH is 7. The first kappa shape index (κ1) is 27.9. The van der Waals surface area contributed by atoms with E-state index in [1.54, 1.807) is 0 Å². The molecular formula is C12H26O16P2. The lowest BCUT2D eigenvalue weighted by molar-refractivity contribution is -0.281. The Labute approximate surface area is 170 Å². The Morgan fingerprint density at radius 3 is 1.80 bits per heavy atom. The molecule has 4 unspecified atom stereocenters. The average Bonchev–Trinajstić information content (AvgIpc) is 2.69. The van der Waals surface area contributed by atoms with Crippen molar-refractivity contribution >= 4 is 15.6 Å². The number of ether oxygens (including phenoxy) is 1. The SMILES string of the molecule is O=P(O)(OCC(O)CO)OCC(O)COP(=O)(O)O[C@H]1O[C@H](CO)[C@@H](O)[C@H](O)[C@H]1O. The van der Waals surface area contributed by atoms with E-state index >= 15 is 0 Å². The van der Waals surface area contributed by atoms with Crippen LogP contribution in [0.4, 0.5) is 0 Å². The van der Waals surface area contributed by atoms with Gasteiger partial charge in [0.15, 0.2) is 6.29 Å². The fourth-order valence-corrected chi connectivity index (χ4v) is 3.65. The molecule has 0 radical (unpaired) electrons. The van der Waals surface area contributed by atoms with E-state index < -0.39 is 91.6 Å². The molecule has 0 saturated carbocycles. The van der Waals surface area contributed by atoms with Gasteiger partial charge in [0.2, 0.25) is 0 Å². The molecule has 18 heteroatoms. The van der Waals surface area contributed by atoms with Gasteiger partial charge in [0, 0.05) is 0 Å². The Kier molecular flexibility index (Phi) is 11.4. The van der Waals surface area contributed by atoms with Gasteiger partial charge in [0.1, 0.15) is 36.6 Å². The molecule has 0 amide bonds. The van der Waals surface area contributed by atoms with Crippen molar-refractivity contribution in [3.8, 4) is 0 Å². The molecule has 9 atom stereocenters. The van der Waals surface area contributed by atoms with Gasteiger partial charge < -0.3 is 50.3 Å². The van der Waals surface area contributed by atoms with Gasteiger partial charge in [-0.3, -0.25) is 18.1 Å². The summed E-state index contributed by atoms with van der Waals surface area (Å²) in [5.41, 5.74) is 0. The van der Waals surface area contributed by atoms with E-state index in [0.29, 0.717) is 0 Å². The average molecular weight is 488 g/mol. The summed E-state index contributed by atoms with van der Waals surface area (Å²) in [5, 5.41) is 65.2. The normalized spacial score (nSPS) is 33.4. The molecule has 9 N–H and O–H groups in total. The maximum absolute atomic E-state index is 11.9. The van der Waals surface area contributed by atoms with E-state index in [4.69, 9.17) is 20.1 Å². The second-order valence-corrected chi connectivity index (χ2v) is 8.98. The third-order valence-corrected chi connectivity index (χ3v) is 5.49. The molecule has 1 fully saturated rings. The largest absolute Gasteiger partial charge is 0.474 e. The van der Waals surface area contributed by atoms with E-state index in [0.717, 1.165) is 0 Å². The van der Waals surface area contributed by atoms with Gasteiger partial charge in [-0.05, 0) is 0 Å². The molecule has 0 spiro atoms. The van der Waals surface area contributed by atoms with Gasteiger partial charge in [-0.1, -0.05) is 0 Å². The molecular weight excluding hydrogens is 462 g/mol. The molecule has 0 aliphatic carbocycles. The minimum atomic E-state index is -5.03. The van der Waals surface area contributed by atoms with Crippen LogP contribution >= 0.6 is 15.6 Å². The zero-order chi connectivity index (χ0) is 23.1. The van der Waals surface area contributed by atoms with Gasteiger partial charge in [-0.25, -0.2) is 9.13 Å². The molecule has 180 valence electrons. The molecule has 16 nitrogen and oxygen atoms in total. The third-order valence-electron chi connectivity index (χ3n) is 3.59. The van der Waals surface area contributed by atoms with Crippen molar-refractivity contribution in [3.05, 3.63) is 0 Å². The van der Waals surface area contributed by atoms with Gasteiger partial charge in [-0.15, -0.1) is 0 Å². The lowest BCUT2D eigenvalue weighted by atomic mass is 10.00. The highest BCUT2D eigenvalue weighted by Crippen LogP contribution is 2.47. The number of hydrogen-bond donors (Lipinski definition) is 9. The van der Waals surface area contributed by atoms with E-state index in [1.807, 2.05) is 0 Å². The predicted molar refractivity (Wildman–Crippen MR) is 91.5 cm³/mol. The zero-order valence-corrected chi connectivity index (χ0v) is 17.1. The Balaban J connectivity index is 2.48. The summed E-state index contributed by atoms with van der Waals surface area (Å²) in [6, 6.07) is 0. The third kappa shape index (κ3) is 9.18. The van der Waals surface area contributed by atoms with E-state index in [-0.39, 0.29) is 0 Å². The summed E-state index contributed by atoms with van der Waals surface area (Å²) in [5.74, 6) is 0. The number of rotatable bonds is 13. The van der Waals surface area contributed by atoms with Crippen LogP contribution < -0.4 is 0 Å². The minimum absolute atomic E-state index is 0.739. The summed E-state index contributed by atoms with van der Waals surface area (Å²) < 4.78 is 45.9. The fraction of sp³-hybridized carbons (Fsp3) is 1.00. The van der Waals surface area contributed by atoms with E-state index in [9.17, 15) is 39.3 Å². The minimum Gasteiger partial charge on any atom is -0.394 e. The topological polar surface area (TPSA) is 262 Å². The van der Waals surface area contributed by atoms with Gasteiger partial charge in [-0.2, -0.15) is 0 Å². The smallest absolute Gasteiger partial charge is 0.394 e. The second kappa shape index (κ2) is 12.2. The summed E-state index contributed by atoms with van der Waals surface area (Å²) >= 11 is 0. The van der Waals surface area contributed by atoms with Crippen molar-refractivity contribution in [1.82, 2.24) is 0 Å². The Bertz CT molecular complexity index is 603. The standard InChI is InChI=1S/C12H26O16P2/c13-1-6(15)3-24-29(20,21)25-4-7(16)5-26-30(22,23)28-12-11(19)10(18)9(17)8(2-14)27-12/h6-19H,1-5H2,(H,20,21)(H,22,23)/t6?,7?,8-,9-,10+,11-,12-/m1/s1. The maximum Gasteiger partial charge on any atom is 0.474 e. The Morgan fingerprint density at radius 1 is 0.800 bits per heavy atom. The predicted octanol–water partition coefficient (Wildman–Crippen LogP) is -4.23. The van der Waals surface area contributed by atoms with Gasteiger partial charge in [0.05, 0.1) is 33.0 Å². The second-order valence-electron chi connectivity index (χ2n) is 6.12. The first-order valence-electron chi connectivity index (χ1n) is 8.37.